The van der Waals surface area contributed by atoms with Crippen molar-refractivity contribution >= 4 is 11.8 Å². The van der Waals surface area contributed by atoms with E-state index in [4.69, 9.17) is 10.5 Å². The van der Waals surface area contributed by atoms with Gasteiger partial charge in [0.05, 0.1) is 0 Å². The Bertz CT molecular complexity index is 1200. The first-order valence-electron chi connectivity index (χ1n) is 13.7. The lowest BCUT2D eigenvalue weighted by Crippen LogP contribution is -2.50. The molecule has 0 unspecified atom stereocenters. The molecule has 1 atom stereocenters. The van der Waals surface area contributed by atoms with E-state index in [1.807, 2.05) is 75.4 Å². The summed E-state index contributed by atoms with van der Waals surface area (Å²) in [5.74, 6) is 0.314. The number of hydrogen-bond donors (Lipinski definition) is 3. The lowest BCUT2D eigenvalue weighted by Gasteiger charge is -2.29. The number of rotatable bonds is 14. The van der Waals surface area contributed by atoms with Gasteiger partial charge in [-0.3, -0.25) is 9.59 Å². The zero-order valence-corrected chi connectivity index (χ0v) is 23.2. The van der Waals surface area contributed by atoms with Crippen LogP contribution in [0.1, 0.15) is 60.7 Å². The van der Waals surface area contributed by atoms with Gasteiger partial charge in [-0.15, -0.1) is 0 Å². The molecule has 3 aromatic rings. The predicted molar refractivity (Wildman–Crippen MR) is 154 cm³/mol. The molecule has 3 aromatic carbocycles. The second-order valence-corrected chi connectivity index (χ2v) is 10.2. The molecule has 0 saturated heterocycles. The summed E-state index contributed by atoms with van der Waals surface area (Å²) in [6.07, 6.45) is 1.77. The first kappa shape index (κ1) is 29.7. The highest BCUT2D eigenvalue weighted by Crippen LogP contribution is 2.31. The summed E-state index contributed by atoms with van der Waals surface area (Å²) in [5, 5.41) is 13.8. The average Bonchev–Trinajstić information content (AvgIpc) is 2.94. The second-order valence-electron chi connectivity index (χ2n) is 10.2. The summed E-state index contributed by atoms with van der Waals surface area (Å²) >= 11 is 0. The molecule has 0 heterocycles. The Morgan fingerprint density at radius 3 is 2.31 bits per heavy atom. The van der Waals surface area contributed by atoms with E-state index in [0.29, 0.717) is 56.0 Å². The van der Waals surface area contributed by atoms with Crippen LogP contribution in [-0.2, 0) is 24.4 Å². The average molecular weight is 532 g/mol. The van der Waals surface area contributed by atoms with E-state index < -0.39 is 6.04 Å². The molecule has 0 saturated carbocycles. The third-order valence-corrected chi connectivity index (χ3v) is 6.54. The van der Waals surface area contributed by atoms with Crippen molar-refractivity contribution in [2.24, 2.45) is 11.7 Å². The summed E-state index contributed by atoms with van der Waals surface area (Å²) in [7, 11) is 0. The van der Waals surface area contributed by atoms with Crippen molar-refractivity contribution in [1.82, 2.24) is 10.2 Å². The highest BCUT2D eigenvalue weighted by Gasteiger charge is 2.27. The van der Waals surface area contributed by atoms with Crippen LogP contribution < -0.4 is 15.8 Å². The van der Waals surface area contributed by atoms with Crippen LogP contribution in [0.4, 0.5) is 0 Å². The minimum absolute atomic E-state index is 0.0882. The fraction of sp³-hybridized carbons (Fsp3) is 0.375. The van der Waals surface area contributed by atoms with Gasteiger partial charge in [0.1, 0.15) is 12.6 Å². The maximum atomic E-state index is 13.7. The van der Waals surface area contributed by atoms with Crippen LogP contribution in [0, 0.1) is 5.92 Å². The number of para-hydroxylation sites is 1. The number of nitrogens with one attached hydrogen (secondary N) is 1. The van der Waals surface area contributed by atoms with E-state index in [-0.39, 0.29) is 23.5 Å². The van der Waals surface area contributed by atoms with E-state index in [0.717, 1.165) is 17.5 Å². The topological polar surface area (TPSA) is 105 Å². The van der Waals surface area contributed by atoms with E-state index in [1.165, 1.54) is 0 Å². The van der Waals surface area contributed by atoms with Gasteiger partial charge < -0.3 is 25.8 Å². The number of carbonyl (C=O) groups excluding carboxylic acids is 2. The molecule has 7 heteroatoms. The number of amides is 2. The van der Waals surface area contributed by atoms with Gasteiger partial charge >= 0.3 is 0 Å². The van der Waals surface area contributed by atoms with Gasteiger partial charge in [0, 0.05) is 25.2 Å². The predicted octanol–water partition coefficient (Wildman–Crippen LogP) is 5.06. The van der Waals surface area contributed by atoms with Crippen molar-refractivity contribution in [1.29, 1.82) is 0 Å². The number of aromatic hydroxyl groups is 1. The Balaban J connectivity index is 1.69. The molecular formula is C32H41N3O4. The number of benzene rings is 3. The van der Waals surface area contributed by atoms with Gasteiger partial charge in [-0.1, -0.05) is 75.4 Å². The molecule has 0 spiro atoms. The zero-order chi connectivity index (χ0) is 28.2. The Hall–Kier alpha value is -3.84. The highest BCUT2D eigenvalue weighted by molar-refractivity contribution is 5.97. The number of phenolic OH excluding ortho intramolecular Hbond substituents is 1. The molecule has 0 radical (unpaired) electrons. The third kappa shape index (κ3) is 8.86. The SMILES string of the molecule is CCCN(CCc1cccc(OCc2ccccc2)c1O)C(=O)[C@H](CC(C)C)NC(=O)c1ccc(CN)cc1. The van der Waals surface area contributed by atoms with Crippen LogP contribution >= 0.6 is 0 Å². The van der Waals surface area contributed by atoms with E-state index in [2.05, 4.69) is 5.32 Å². The number of hydrogen-bond acceptors (Lipinski definition) is 5. The van der Waals surface area contributed by atoms with Gasteiger partial charge in [-0.25, -0.2) is 0 Å². The molecule has 0 aromatic heterocycles. The minimum atomic E-state index is -0.646. The monoisotopic (exact) mass is 531 g/mol. The molecule has 4 N–H and O–H groups in total. The third-order valence-electron chi connectivity index (χ3n) is 6.54. The number of nitrogens with zero attached hydrogens (tertiary/aromatic N) is 1. The Morgan fingerprint density at radius 2 is 1.67 bits per heavy atom. The van der Waals surface area contributed by atoms with Crippen molar-refractivity contribution in [3.8, 4) is 11.5 Å². The van der Waals surface area contributed by atoms with E-state index in [1.54, 1.807) is 23.1 Å². The van der Waals surface area contributed by atoms with Gasteiger partial charge in [0.25, 0.3) is 5.91 Å². The van der Waals surface area contributed by atoms with Crippen molar-refractivity contribution in [2.75, 3.05) is 13.1 Å². The lowest BCUT2D eigenvalue weighted by molar-refractivity contribution is -0.133. The smallest absolute Gasteiger partial charge is 0.251 e. The summed E-state index contributed by atoms with van der Waals surface area (Å²) < 4.78 is 5.86. The van der Waals surface area contributed by atoms with Crippen LogP contribution in [0.25, 0.3) is 0 Å². The lowest BCUT2D eigenvalue weighted by atomic mass is 10.0. The van der Waals surface area contributed by atoms with Crippen LogP contribution in [0.3, 0.4) is 0 Å². The molecule has 39 heavy (non-hydrogen) atoms. The molecule has 2 amide bonds. The van der Waals surface area contributed by atoms with Crippen LogP contribution in [0.5, 0.6) is 11.5 Å². The van der Waals surface area contributed by atoms with E-state index in [9.17, 15) is 14.7 Å². The summed E-state index contributed by atoms with van der Waals surface area (Å²) in [4.78, 5) is 28.4. The summed E-state index contributed by atoms with van der Waals surface area (Å²) in [5.41, 5.74) is 8.82. The molecule has 0 bridgehead atoms. The minimum Gasteiger partial charge on any atom is -0.504 e. The zero-order valence-electron chi connectivity index (χ0n) is 23.2. The fourth-order valence-corrected chi connectivity index (χ4v) is 4.43. The number of carbonyl (C=O) groups is 2. The first-order valence-corrected chi connectivity index (χ1v) is 13.7. The molecular weight excluding hydrogens is 490 g/mol. The highest BCUT2D eigenvalue weighted by atomic mass is 16.5. The van der Waals surface area contributed by atoms with Crippen molar-refractivity contribution in [2.45, 2.75) is 59.2 Å². The van der Waals surface area contributed by atoms with Gasteiger partial charge in [0.2, 0.25) is 5.91 Å². The molecule has 3 rings (SSSR count). The fourth-order valence-electron chi connectivity index (χ4n) is 4.43. The Morgan fingerprint density at radius 1 is 0.949 bits per heavy atom. The maximum absolute atomic E-state index is 13.7. The van der Waals surface area contributed by atoms with Gasteiger partial charge in [0.15, 0.2) is 11.5 Å². The quantitative estimate of drug-likeness (QED) is 0.270. The number of nitrogens with two attached hydrogens (primary N) is 1. The second kappa shape index (κ2) is 14.9. The van der Waals surface area contributed by atoms with Crippen molar-refractivity contribution in [3.63, 3.8) is 0 Å². The van der Waals surface area contributed by atoms with E-state index >= 15 is 0 Å². The Labute approximate surface area is 232 Å². The number of ether oxygens (including phenoxy) is 1. The standard InChI is InChI=1S/C32H41N3O4/c1-4-18-35(19-17-26-11-8-12-29(30(26)36)39-22-25-9-6-5-7-10-25)32(38)28(20-23(2)3)34-31(37)27-15-13-24(21-33)14-16-27/h5-16,23,28,36H,4,17-22,33H2,1-3H3,(H,34,37)/t28-/m0/s1. The molecule has 0 aliphatic rings. The van der Waals surface area contributed by atoms with Crippen LogP contribution in [0.2, 0.25) is 0 Å². The van der Waals surface area contributed by atoms with Gasteiger partial charge in [-0.05, 0) is 60.1 Å². The van der Waals surface area contributed by atoms with Crippen LogP contribution in [0.15, 0.2) is 72.8 Å². The summed E-state index contributed by atoms with van der Waals surface area (Å²) in [6, 6.07) is 21.7. The molecule has 0 aliphatic carbocycles. The molecule has 208 valence electrons. The molecule has 7 nitrogen and oxygen atoms in total. The van der Waals surface area contributed by atoms with Crippen LogP contribution in [-0.4, -0.2) is 41.0 Å². The maximum Gasteiger partial charge on any atom is 0.251 e. The first-order chi connectivity index (χ1) is 18.8. The van der Waals surface area contributed by atoms with Crippen molar-refractivity contribution < 1.29 is 19.4 Å². The largest absolute Gasteiger partial charge is 0.504 e. The molecule has 0 aliphatic heterocycles. The number of phenols is 1. The molecule has 0 fully saturated rings. The Kier molecular flexibility index (Phi) is 11.4. The van der Waals surface area contributed by atoms with Gasteiger partial charge in [-0.2, -0.15) is 0 Å². The normalized spacial score (nSPS) is 11.7. The summed E-state index contributed by atoms with van der Waals surface area (Å²) in [6.45, 7) is 7.81. The van der Waals surface area contributed by atoms with Crippen molar-refractivity contribution in [3.05, 3.63) is 95.1 Å².